The van der Waals surface area contributed by atoms with Crippen LogP contribution in [0.1, 0.15) is 33.6 Å². The first-order valence-corrected chi connectivity index (χ1v) is 8.95. The predicted molar refractivity (Wildman–Crippen MR) is 78.9 cm³/mol. The van der Waals surface area contributed by atoms with Crippen LogP contribution in [-0.2, 0) is 14.6 Å². The van der Waals surface area contributed by atoms with Gasteiger partial charge in [0, 0.05) is 31.6 Å². The molecule has 0 radical (unpaired) electrons. The van der Waals surface area contributed by atoms with Crippen LogP contribution >= 0.6 is 0 Å². The van der Waals surface area contributed by atoms with Crippen LogP contribution in [0.4, 0.5) is 4.79 Å². The van der Waals surface area contributed by atoms with Crippen LogP contribution in [0.25, 0.3) is 0 Å². The highest BCUT2D eigenvalue weighted by Crippen LogP contribution is 2.16. The number of urea groups is 1. The van der Waals surface area contributed by atoms with Crippen molar-refractivity contribution in [1.82, 2.24) is 9.80 Å². The number of carboxylic acids is 1. The molecule has 0 spiro atoms. The van der Waals surface area contributed by atoms with Crippen molar-refractivity contribution in [1.29, 1.82) is 0 Å². The summed E-state index contributed by atoms with van der Waals surface area (Å²) in [6, 6.07) is -0.619. The smallest absolute Gasteiger partial charge is 0.320 e. The molecule has 1 aliphatic rings. The van der Waals surface area contributed by atoms with Gasteiger partial charge >= 0.3 is 12.0 Å². The largest absolute Gasteiger partial charge is 0.481 e. The first kappa shape index (κ1) is 17.7. The van der Waals surface area contributed by atoms with Crippen LogP contribution in [0.5, 0.6) is 0 Å². The van der Waals surface area contributed by atoms with Gasteiger partial charge in [-0.1, -0.05) is 0 Å². The van der Waals surface area contributed by atoms with Crippen molar-refractivity contribution in [3.8, 4) is 0 Å². The summed E-state index contributed by atoms with van der Waals surface area (Å²) in [5.74, 6) is -0.909. The summed E-state index contributed by atoms with van der Waals surface area (Å²) in [6.07, 6.45) is 0.403. The summed E-state index contributed by atoms with van der Waals surface area (Å²) < 4.78 is 23.1. The van der Waals surface area contributed by atoms with E-state index in [1.165, 1.54) is 0 Å². The number of carbonyl (C=O) groups is 2. The van der Waals surface area contributed by atoms with Gasteiger partial charge in [0.2, 0.25) is 0 Å². The zero-order chi connectivity index (χ0) is 16.2. The van der Waals surface area contributed by atoms with Crippen molar-refractivity contribution in [2.24, 2.45) is 0 Å². The van der Waals surface area contributed by atoms with E-state index in [4.69, 9.17) is 5.11 Å². The third kappa shape index (κ3) is 5.18. The molecule has 8 heteroatoms. The van der Waals surface area contributed by atoms with Crippen molar-refractivity contribution >= 4 is 21.8 Å². The average Bonchev–Trinajstić information content (AvgIpc) is 2.32. The van der Waals surface area contributed by atoms with Crippen molar-refractivity contribution in [3.05, 3.63) is 0 Å². The number of amides is 2. The zero-order valence-electron chi connectivity index (χ0n) is 12.8. The third-order valence-electron chi connectivity index (χ3n) is 3.57. The lowest BCUT2D eigenvalue weighted by Crippen LogP contribution is -2.55. The van der Waals surface area contributed by atoms with Crippen molar-refractivity contribution in [2.75, 3.05) is 24.6 Å². The van der Waals surface area contributed by atoms with Gasteiger partial charge in [0.25, 0.3) is 0 Å². The zero-order valence-corrected chi connectivity index (χ0v) is 13.6. The predicted octanol–water partition coefficient (Wildman–Crippen LogP) is 0.801. The summed E-state index contributed by atoms with van der Waals surface area (Å²) in [5, 5.41) is 8.67. The molecule has 1 rings (SSSR count). The number of hydrogen-bond acceptors (Lipinski definition) is 4. The summed E-state index contributed by atoms with van der Waals surface area (Å²) >= 11 is 0. The Labute approximate surface area is 125 Å². The fourth-order valence-corrected chi connectivity index (χ4v) is 3.98. The molecule has 0 aromatic rings. The lowest BCUT2D eigenvalue weighted by atomic mass is 10.2. The Hall–Kier alpha value is -1.31. The molecule has 122 valence electrons. The minimum absolute atomic E-state index is 0.00978. The second kappa shape index (κ2) is 7.11. The van der Waals surface area contributed by atoms with E-state index in [0.717, 1.165) is 0 Å². The van der Waals surface area contributed by atoms with E-state index in [-0.39, 0.29) is 42.6 Å². The quantitative estimate of drug-likeness (QED) is 0.808. The number of sulfone groups is 1. The molecule has 0 saturated carbocycles. The normalized spacial score (nSPS) is 21.3. The van der Waals surface area contributed by atoms with Crippen molar-refractivity contribution in [2.45, 2.75) is 45.7 Å². The summed E-state index contributed by atoms with van der Waals surface area (Å²) in [7, 11) is -3.06. The number of nitrogens with zero attached hydrogens (tertiary/aromatic N) is 2. The highest BCUT2D eigenvalue weighted by Gasteiger charge is 2.34. The van der Waals surface area contributed by atoms with Crippen LogP contribution in [0.15, 0.2) is 0 Å². The lowest BCUT2D eigenvalue weighted by molar-refractivity contribution is -0.137. The molecule has 21 heavy (non-hydrogen) atoms. The number of rotatable bonds is 5. The average molecular weight is 320 g/mol. The van der Waals surface area contributed by atoms with Gasteiger partial charge in [0.1, 0.15) is 0 Å². The van der Waals surface area contributed by atoms with Gasteiger partial charge in [-0.05, 0) is 27.2 Å². The van der Waals surface area contributed by atoms with Gasteiger partial charge in [-0.15, -0.1) is 0 Å². The fraction of sp³-hybridized carbons (Fsp3) is 0.846. The third-order valence-corrected chi connectivity index (χ3v) is 5.37. The monoisotopic (exact) mass is 320 g/mol. The number of carbonyl (C=O) groups excluding carboxylic acids is 1. The van der Waals surface area contributed by atoms with Gasteiger partial charge in [0.15, 0.2) is 9.84 Å². The van der Waals surface area contributed by atoms with E-state index in [1.807, 2.05) is 13.8 Å². The first-order valence-electron chi connectivity index (χ1n) is 7.13. The number of aliphatic carboxylic acids is 1. The van der Waals surface area contributed by atoms with Gasteiger partial charge in [-0.25, -0.2) is 13.2 Å². The molecule has 0 bridgehead atoms. The van der Waals surface area contributed by atoms with E-state index < -0.39 is 15.8 Å². The summed E-state index contributed by atoms with van der Waals surface area (Å²) in [4.78, 5) is 26.3. The van der Waals surface area contributed by atoms with Gasteiger partial charge in [-0.2, -0.15) is 0 Å². The fourth-order valence-electron chi connectivity index (χ4n) is 2.42. The Balaban J connectivity index is 2.70. The molecule has 1 unspecified atom stereocenters. The number of carboxylic acid groups (broad SMARTS) is 1. The minimum atomic E-state index is -3.06. The van der Waals surface area contributed by atoms with Crippen molar-refractivity contribution < 1.29 is 23.1 Å². The maximum Gasteiger partial charge on any atom is 0.320 e. The summed E-state index contributed by atoms with van der Waals surface area (Å²) in [6.45, 7) is 6.02. The van der Waals surface area contributed by atoms with Gasteiger partial charge < -0.3 is 14.9 Å². The summed E-state index contributed by atoms with van der Waals surface area (Å²) in [5.41, 5.74) is 0. The molecular weight excluding hydrogens is 296 g/mol. The molecule has 7 nitrogen and oxygen atoms in total. The van der Waals surface area contributed by atoms with E-state index >= 15 is 0 Å². The lowest BCUT2D eigenvalue weighted by Gasteiger charge is -2.38. The maximum absolute atomic E-state index is 12.5. The SMILES string of the molecule is CC(C)N(CCCC(=O)O)C(=O)N1CCS(=O)(=O)CC1C. The molecule has 0 aliphatic carbocycles. The van der Waals surface area contributed by atoms with E-state index in [0.29, 0.717) is 13.0 Å². The maximum atomic E-state index is 12.5. The first-order chi connectivity index (χ1) is 9.64. The molecule has 1 N–H and O–H groups in total. The molecule has 1 fully saturated rings. The topological polar surface area (TPSA) is 95.0 Å². The molecule has 1 aliphatic heterocycles. The Morgan fingerprint density at radius 1 is 1.38 bits per heavy atom. The van der Waals surface area contributed by atoms with Crippen LogP contribution in [0, 0.1) is 0 Å². The van der Waals surface area contributed by atoms with E-state index in [1.54, 1.807) is 16.7 Å². The molecule has 1 saturated heterocycles. The van der Waals surface area contributed by atoms with Crippen LogP contribution in [-0.4, -0.2) is 72.0 Å². The van der Waals surface area contributed by atoms with E-state index in [2.05, 4.69) is 0 Å². The highest BCUT2D eigenvalue weighted by atomic mass is 32.2. The Morgan fingerprint density at radius 2 is 2.00 bits per heavy atom. The molecule has 1 heterocycles. The van der Waals surface area contributed by atoms with Gasteiger partial charge in [-0.3, -0.25) is 4.79 Å². The molecular formula is C13H24N2O5S. The van der Waals surface area contributed by atoms with Gasteiger partial charge in [0.05, 0.1) is 11.5 Å². The van der Waals surface area contributed by atoms with Crippen LogP contribution in [0.3, 0.4) is 0 Å². The van der Waals surface area contributed by atoms with Crippen LogP contribution in [0.2, 0.25) is 0 Å². The molecule has 0 aromatic carbocycles. The second-order valence-electron chi connectivity index (χ2n) is 5.72. The Kier molecular flexibility index (Phi) is 6.00. The second-order valence-corrected chi connectivity index (χ2v) is 7.95. The van der Waals surface area contributed by atoms with Crippen molar-refractivity contribution in [3.63, 3.8) is 0 Å². The molecule has 0 aromatic heterocycles. The molecule has 1 atom stereocenters. The number of hydrogen-bond donors (Lipinski definition) is 1. The highest BCUT2D eigenvalue weighted by molar-refractivity contribution is 7.91. The van der Waals surface area contributed by atoms with E-state index in [9.17, 15) is 18.0 Å². The standard InChI is InChI=1S/C13H24N2O5S/c1-10(2)14(6-4-5-12(16)17)13(18)15-7-8-21(19,20)9-11(15)3/h10-11H,4-9H2,1-3H3,(H,16,17). The Bertz CT molecular complexity index is 489. The Morgan fingerprint density at radius 3 is 2.48 bits per heavy atom. The van der Waals surface area contributed by atoms with Crippen LogP contribution < -0.4 is 0 Å². The molecule has 2 amide bonds. The minimum Gasteiger partial charge on any atom is -0.481 e.